The van der Waals surface area contributed by atoms with E-state index in [1.54, 1.807) is 14.2 Å². The lowest BCUT2D eigenvalue weighted by Crippen LogP contribution is -2.34. The van der Waals surface area contributed by atoms with E-state index in [9.17, 15) is 4.79 Å². The van der Waals surface area contributed by atoms with Crippen molar-refractivity contribution in [2.24, 2.45) is 5.92 Å². The van der Waals surface area contributed by atoms with Crippen molar-refractivity contribution < 1.29 is 14.3 Å². The van der Waals surface area contributed by atoms with Gasteiger partial charge in [-0.2, -0.15) is 0 Å². The van der Waals surface area contributed by atoms with E-state index < -0.39 is 0 Å². The lowest BCUT2D eigenvalue weighted by atomic mass is 9.93. The first-order chi connectivity index (χ1) is 12.2. The number of benzene rings is 1. The molecule has 1 amide bonds. The van der Waals surface area contributed by atoms with Crippen molar-refractivity contribution in [3.63, 3.8) is 0 Å². The number of hydrogen-bond donors (Lipinski definition) is 1. The van der Waals surface area contributed by atoms with Crippen LogP contribution in [-0.2, 0) is 11.3 Å². The normalized spacial score (nSPS) is 17.3. The summed E-state index contributed by atoms with van der Waals surface area (Å²) in [5.41, 5.74) is 1.02. The molecule has 0 bridgehead atoms. The van der Waals surface area contributed by atoms with Crippen molar-refractivity contribution in [1.29, 1.82) is 0 Å². The van der Waals surface area contributed by atoms with Crippen molar-refractivity contribution in [3.8, 4) is 11.5 Å². The maximum atomic E-state index is 12.9. The lowest BCUT2D eigenvalue weighted by Gasteiger charge is -2.26. The van der Waals surface area contributed by atoms with Crippen molar-refractivity contribution in [1.82, 2.24) is 10.2 Å². The van der Waals surface area contributed by atoms with E-state index in [0.29, 0.717) is 24.9 Å². The standard InChI is InChI=1S/C20H30N2O3.ClH/c1-24-18-6-7-19(25-2)16(13-18)14-22(17-4-5-17)20(23)8-3-15-9-11-21-12-10-15;/h6-7,13,15,17,21H,3-5,8-12,14H2,1-2H3;1H. The summed E-state index contributed by atoms with van der Waals surface area (Å²) in [5.74, 6) is 2.59. The number of piperidine rings is 1. The van der Waals surface area contributed by atoms with Crippen LogP contribution in [0.15, 0.2) is 18.2 Å². The highest BCUT2D eigenvalue weighted by Crippen LogP contribution is 2.33. The summed E-state index contributed by atoms with van der Waals surface area (Å²) >= 11 is 0. The van der Waals surface area contributed by atoms with Crippen LogP contribution in [0.4, 0.5) is 0 Å². The molecule has 0 spiro atoms. The van der Waals surface area contributed by atoms with E-state index >= 15 is 0 Å². The van der Waals surface area contributed by atoms with Crippen LogP contribution in [0.2, 0.25) is 0 Å². The van der Waals surface area contributed by atoms with Gasteiger partial charge in [0.2, 0.25) is 5.91 Å². The number of carbonyl (C=O) groups is 1. The highest BCUT2D eigenvalue weighted by molar-refractivity contribution is 5.85. The Morgan fingerprint density at radius 3 is 2.50 bits per heavy atom. The molecule has 0 aromatic heterocycles. The van der Waals surface area contributed by atoms with Crippen molar-refractivity contribution in [3.05, 3.63) is 23.8 Å². The molecule has 1 saturated heterocycles. The second-order valence-electron chi connectivity index (χ2n) is 7.16. The fourth-order valence-electron chi connectivity index (χ4n) is 3.64. The van der Waals surface area contributed by atoms with Gasteiger partial charge in [0.05, 0.1) is 14.2 Å². The number of nitrogens with zero attached hydrogens (tertiary/aromatic N) is 1. The van der Waals surface area contributed by atoms with Crippen molar-refractivity contribution in [2.75, 3.05) is 27.3 Å². The zero-order valence-corrected chi connectivity index (χ0v) is 16.6. The van der Waals surface area contributed by atoms with Crippen LogP contribution < -0.4 is 14.8 Å². The SMILES string of the molecule is COc1ccc(OC)c(CN(C(=O)CCC2CCNCC2)C2CC2)c1.Cl. The number of carbonyl (C=O) groups excluding carboxylic acids is 1. The topological polar surface area (TPSA) is 50.8 Å². The number of rotatable bonds is 8. The average molecular weight is 383 g/mol. The van der Waals surface area contributed by atoms with Gasteiger partial charge in [-0.05, 0) is 69.3 Å². The molecule has 1 saturated carbocycles. The van der Waals surface area contributed by atoms with E-state index in [-0.39, 0.29) is 18.3 Å². The molecule has 2 fully saturated rings. The second kappa shape index (κ2) is 10.0. The summed E-state index contributed by atoms with van der Waals surface area (Å²) in [6.07, 6.45) is 6.30. The molecule has 0 unspecified atom stereocenters. The smallest absolute Gasteiger partial charge is 0.223 e. The van der Waals surface area contributed by atoms with Crippen LogP contribution in [0.3, 0.4) is 0 Å². The number of nitrogens with one attached hydrogen (secondary N) is 1. The largest absolute Gasteiger partial charge is 0.497 e. The Balaban J connectivity index is 0.00000243. The first kappa shape index (κ1) is 20.8. The second-order valence-corrected chi connectivity index (χ2v) is 7.16. The number of halogens is 1. The molecule has 1 aliphatic heterocycles. The van der Waals surface area contributed by atoms with Gasteiger partial charge in [-0.3, -0.25) is 4.79 Å². The Labute approximate surface area is 162 Å². The molecule has 146 valence electrons. The molecule has 1 heterocycles. The van der Waals surface area contributed by atoms with Crippen molar-refractivity contribution in [2.45, 2.75) is 51.1 Å². The Bertz CT molecular complexity index is 586. The van der Waals surface area contributed by atoms with E-state index in [0.717, 1.165) is 49.4 Å². The molecule has 2 aliphatic rings. The zero-order chi connectivity index (χ0) is 17.6. The molecule has 0 radical (unpaired) electrons. The monoisotopic (exact) mass is 382 g/mol. The fourth-order valence-corrected chi connectivity index (χ4v) is 3.64. The predicted octanol–water partition coefficient (Wildman–Crippen LogP) is 3.40. The molecule has 6 heteroatoms. The maximum Gasteiger partial charge on any atom is 0.223 e. The van der Waals surface area contributed by atoms with E-state index in [4.69, 9.17) is 9.47 Å². The van der Waals surface area contributed by atoms with Gasteiger partial charge >= 0.3 is 0 Å². The quantitative estimate of drug-likeness (QED) is 0.748. The van der Waals surface area contributed by atoms with Crippen molar-refractivity contribution >= 4 is 18.3 Å². The van der Waals surface area contributed by atoms with Gasteiger partial charge in [-0.25, -0.2) is 0 Å². The van der Waals surface area contributed by atoms with Gasteiger partial charge < -0.3 is 19.7 Å². The van der Waals surface area contributed by atoms with Crippen LogP contribution in [-0.4, -0.2) is 44.2 Å². The first-order valence-electron chi connectivity index (χ1n) is 9.42. The molecule has 1 aromatic rings. The van der Waals surface area contributed by atoms with Gasteiger partial charge in [-0.1, -0.05) is 0 Å². The number of ether oxygens (including phenoxy) is 2. The van der Waals surface area contributed by atoms with Crippen LogP contribution in [0, 0.1) is 5.92 Å². The van der Waals surface area contributed by atoms with Crippen LogP contribution >= 0.6 is 12.4 Å². The van der Waals surface area contributed by atoms with E-state index in [1.165, 1.54) is 12.8 Å². The first-order valence-corrected chi connectivity index (χ1v) is 9.42. The maximum absolute atomic E-state index is 12.9. The molecule has 5 nitrogen and oxygen atoms in total. The highest BCUT2D eigenvalue weighted by Gasteiger charge is 2.33. The summed E-state index contributed by atoms with van der Waals surface area (Å²) in [5, 5.41) is 3.39. The van der Waals surface area contributed by atoms with Crippen LogP contribution in [0.25, 0.3) is 0 Å². The Kier molecular flexibility index (Phi) is 8.04. The molecule has 0 atom stereocenters. The van der Waals surface area contributed by atoms with Crippen LogP contribution in [0.5, 0.6) is 11.5 Å². The predicted molar refractivity (Wildman–Crippen MR) is 105 cm³/mol. The minimum absolute atomic E-state index is 0. The van der Waals surface area contributed by atoms with Crippen LogP contribution in [0.1, 0.15) is 44.1 Å². The van der Waals surface area contributed by atoms with Gasteiger partial charge in [-0.15, -0.1) is 12.4 Å². The Morgan fingerprint density at radius 2 is 1.88 bits per heavy atom. The summed E-state index contributed by atoms with van der Waals surface area (Å²) in [6.45, 7) is 2.79. The Morgan fingerprint density at radius 1 is 1.15 bits per heavy atom. The molecule has 26 heavy (non-hydrogen) atoms. The number of methoxy groups -OCH3 is 2. The van der Waals surface area contributed by atoms with Gasteiger partial charge in [0.25, 0.3) is 0 Å². The van der Waals surface area contributed by atoms with Gasteiger partial charge in [0, 0.05) is 24.6 Å². The van der Waals surface area contributed by atoms with Gasteiger partial charge in [0.1, 0.15) is 11.5 Å². The minimum Gasteiger partial charge on any atom is -0.497 e. The molecular weight excluding hydrogens is 352 g/mol. The third-order valence-electron chi connectivity index (χ3n) is 5.36. The summed E-state index contributed by atoms with van der Waals surface area (Å²) in [6, 6.07) is 6.19. The zero-order valence-electron chi connectivity index (χ0n) is 15.8. The Hall–Kier alpha value is -1.46. The molecule has 1 aliphatic carbocycles. The molecular formula is C20H31ClN2O3. The summed E-state index contributed by atoms with van der Waals surface area (Å²) in [7, 11) is 3.33. The molecule has 1 aromatic carbocycles. The highest BCUT2D eigenvalue weighted by atomic mass is 35.5. The van der Waals surface area contributed by atoms with E-state index in [2.05, 4.69) is 10.2 Å². The summed E-state index contributed by atoms with van der Waals surface area (Å²) < 4.78 is 10.8. The number of hydrogen-bond acceptors (Lipinski definition) is 4. The third-order valence-corrected chi connectivity index (χ3v) is 5.36. The molecule has 3 rings (SSSR count). The molecule has 1 N–H and O–H groups in total. The minimum atomic E-state index is 0. The lowest BCUT2D eigenvalue weighted by molar-refractivity contribution is -0.132. The third kappa shape index (κ3) is 5.52. The summed E-state index contributed by atoms with van der Waals surface area (Å²) in [4.78, 5) is 14.9. The van der Waals surface area contributed by atoms with Gasteiger partial charge in [0.15, 0.2) is 0 Å². The fraction of sp³-hybridized carbons (Fsp3) is 0.650. The average Bonchev–Trinajstić information content (AvgIpc) is 3.49. The van der Waals surface area contributed by atoms with E-state index in [1.807, 2.05) is 18.2 Å². The number of amides is 1.